The average Bonchev–Trinajstić information content (AvgIpc) is 2.54. The molecule has 2 aromatic carbocycles. The molecular weight excluding hydrogens is 244 g/mol. The van der Waals surface area contributed by atoms with E-state index in [1.54, 1.807) is 0 Å². The van der Waals surface area contributed by atoms with Gasteiger partial charge in [-0.05, 0) is 42.0 Å². The van der Waals surface area contributed by atoms with Crippen LogP contribution in [0.2, 0.25) is 0 Å². The van der Waals surface area contributed by atoms with Gasteiger partial charge in [-0.1, -0.05) is 42.5 Å². The average molecular weight is 262 g/mol. The zero-order chi connectivity index (χ0) is 13.4. The van der Waals surface area contributed by atoms with Crippen molar-refractivity contribution in [2.45, 2.75) is 25.4 Å². The lowest BCUT2D eigenvalue weighted by atomic mass is 9.96. The maximum Gasteiger partial charge on any atom is 0.0983 e. The van der Waals surface area contributed by atoms with Crippen molar-refractivity contribution in [2.75, 3.05) is 11.9 Å². The zero-order valence-corrected chi connectivity index (χ0v) is 11.5. The van der Waals surface area contributed by atoms with Gasteiger partial charge < -0.3 is 5.32 Å². The van der Waals surface area contributed by atoms with Crippen molar-refractivity contribution < 1.29 is 0 Å². The van der Waals surface area contributed by atoms with Gasteiger partial charge in [0, 0.05) is 12.2 Å². The highest BCUT2D eigenvalue weighted by molar-refractivity contribution is 5.53. The highest BCUT2D eigenvalue weighted by Gasteiger charge is 2.26. The number of hydrogen-bond acceptors (Lipinski definition) is 2. The van der Waals surface area contributed by atoms with Gasteiger partial charge in [0.2, 0.25) is 0 Å². The number of hydrogen-bond donors (Lipinski definition) is 1. The Morgan fingerprint density at radius 3 is 2.70 bits per heavy atom. The van der Waals surface area contributed by atoms with Crippen LogP contribution in [0.15, 0.2) is 48.5 Å². The first-order chi connectivity index (χ1) is 9.90. The van der Waals surface area contributed by atoms with Crippen molar-refractivity contribution in [1.82, 2.24) is 4.90 Å². The molecule has 0 bridgehead atoms. The van der Waals surface area contributed by atoms with Crippen LogP contribution in [0.4, 0.5) is 5.69 Å². The molecule has 2 heterocycles. The molecule has 0 amide bonds. The lowest BCUT2D eigenvalue weighted by Crippen LogP contribution is -2.44. The van der Waals surface area contributed by atoms with Gasteiger partial charge in [0.25, 0.3) is 0 Å². The van der Waals surface area contributed by atoms with Gasteiger partial charge in [-0.2, -0.15) is 0 Å². The molecule has 20 heavy (non-hydrogen) atoms. The Hall–Kier alpha value is -1.80. The van der Waals surface area contributed by atoms with E-state index in [0.29, 0.717) is 6.17 Å². The molecule has 2 aromatic rings. The summed E-state index contributed by atoms with van der Waals surface area (Å²) < 4.78 is 0. The monoisotopic (exact) mass is 262 g/mol. The minimum atomic E-state index is 0.373. The molecule has 2 aliphatic heterocycles. The fraction of sp³-hybridized carbons (Fsp3) is 0.278. The summed E-state index contributed by atoms with van der Waals surface area (Å²) >= 11 is 0. The van der Waals surface area contributed by atoms with Gasteiger partial charge in [0.1, 0.15) is 0 Å². The number of nitrogens with one attached hydrogen (secondary N) is 1. The first kappa shape index (κ1) is 12.0. The van der Waals surface area contributed by atoms with Crippen molar-refractivity contribution in [3.63, 3.8) is 0 Å². The molecular formula is C18H18N2. The summed E-state index contributed by atoms with van der Waals surface area (Å²) in [6.45, 7) is 4.62. The van der Waals surface area contributed by atoms with Crippen LogP contribution in [-0.2, 0) is 12.8 Å². The van der Waals surface area contributed by atoms with Crippen LogP contribution in [0.5, 0.6) is 0 Å². The number of nitrogens with zero attached hydrogens (tertiary/aromatic N) is 1. The Labute approximate surface area is 120 Å². The zero-order valence-electron chi connectivity index (χ0n) is 11.5. The Kier molecular flexibility index (Phi) is 2.96. The van der Waals surface area contributed by atoms with Crippen LogP contribution in [0.25, 0.3) is 0 Å². The third-order valence-corrected chi connectivity index (χ3v) is 4.31. The Balaban J connectivity index is 1.53. The molecule has 0 spiro atoms. The Bertz CT molecular complexity index is 565. The van der Waals surface area contributed by atoms with Gasteiger partial charge in [-0.25, -0.2) is 0 Å². The maximum atomic E-state index is 3.66. The molecule has 2 radical (unpaired) electrons. The van der Waals surface area contributed by atoms with Crippen LogP contribution in [0, 0.1) is 6.54 Å². The van der Waals surface area contributed by atoms with Crippen LogP contribution in [-0.4, -0.2) is 17.6 Å². The van der Waals surface area contributed by atoms with E-state index in [2.05, 4.69) is 65.3 Å². The molecule has 0 aromatic heterocycles. The Morgan fingerprint density at radius 1 is 0.950 bits per heavy atom. The molecule has 0 saturated carbocycles. The minimum Gasteiger partial charge on any atom is -0.369 e. The summed E-state index contributed by atoms with van der Waals surface area (Å²) in [5.74, 6) is 0. The molecule has 2 heteroatoms. The van der Waals surface area contributed by atoms with E-state index in [1.807, 2.05) is 0 Å². The second-order valence-corrected chi connectivity index (χ2v) is 5.57. The summed E-state index contributed by atoms with van der Waals surface area (Å²) in [6, 6.07) is 17.2. The third kappa shape index (κ3) is 2.10. The fourth-order valence-corrected chi connectivity index (χ4v) is 3.19. The van der Waals surface area contributed by atoms with Crippen molar-refractivity contribution in [1.29, 1.82) is 0 Å². The molecule has 100 valence electrons. The molecule has 0 aliphatic carbocycles. The van der Waals surface area contributed by atoms with E-state index in [0.717, 1.165) is 25.8 Å². The van der Waals surface area contributed by atoms with E-state index in [1.165, 1.54) is 22.4 Å². The quantitative estimate of drug-likeness (QED) is 0.848. The number of rotatable bonds is 1. The summed E-state index contributed by atoms with van der Waals surface area (Å²) in [7, 11) is 0. The minimum absolute atomic E-state index is 0.373. The maximum absolute atomic E-state index is 3.66. The predicted octanol–water partition coefficient (Wildman–Crippen LogP) is 3.32. The SMILES string of the molecule is [C]1c2ccccc2CCN1C1CCc2ccccc2N1. The normalized spacial score (nSPS) is 21.7. The van der Waals surface area contributed by atoms with Gasteiger partial charge in [-0.15, -0.1) is 0 Å². The van der Waals surface area contributed by atoms with Crippen LogP contribution < -0.4 is 5.32 Å². The van der Waals surface area contributed by atoms with E-state index in [-0.39, 0.29) is 0 Å². The summed E-state index contributed by atoms with van der Waals surface area (Å²) in [5.41, 5.74) is 5.38. The molecule has 0 saturated heterocycles. The van der Waals surface area contributed by atoms with Gasteiger partial charge >= 0.3 is 0 Å². The number of fused-ring (bicyclic) bond motifs is 2. The number of benzene rings is 2. The van der Waals surface area contributed by atoms with Crippen molar-refractivity contribution >= 4 is 5.69 Å². The standard InChI is InChI=1S/C18H18N2/c1-2-7-16-13-20(12-11-14(16)5-1)18-10-9-15-6-3-4-8-17(15)19-18/h1-8,18-19H,9-12H2. The molecule has 1 N–H and O–H groups in total. The van der Waals surface area contributed by atoms with Gasteiger partial charge in [-0.3, -0.25) is 4.90 Å². The van der Waals surface area contributed by atoms with Crippen molar-refractivity contribution in [3.05, 3.63) is 71.8 Å². The summed E-state index contributed by atoms with van der Waals surface area (Å²) in [6.07, 6.45) is 3.78. The second kappa shape index (κ2) is 4.95. The van der Waals surface area contributed by atoms with Gasteiger partial charge in [0.15, 0.2) is 0 Å². The van der Waals surface area contributed by atoms with E-state index in [9.17, 15) is 0 Å². The molecule has 2 aliphatic rings. The molecule has 4 rings (SSSR count). The lowest BCUT2D eigenvalue weighted by Gasteiger charge is -2.38. The number of aryl methyl sites for hydroxylation is 1. The van der Waals surface area contributed by atoms with Gasteiger partial charge in [0.05, 0.1) is 12.7 Å². The third-order valence-electron chi connectivity index (χ3n) is 4.31. The van der Waals surface area contributed by atoms with E-state index >= 15 is 0 Å². The topological polar surface area (TPSA) is 15.3 Å². The first-order valence-electron chi connectivity index (χ1n) is 7.36. The first-order valence-corrected chi connectivity index (χ1v) is 7.36. The van der Waals surface area contributed by atoms with Crippen molar-refractivity contribution in [3.8, 4) is 0 Å². The number of para-hydroxylation sites is 1. The smallest absolute Gasteiger partial charge is 0.0983 e. The largest absolute Gasteiger partial charge is 0.369 e. The fourth-order valence-electron chi connectivity index (χ4n) is 3.19. The number of anilines is 1. The second-order valence-electron chi connectivity index (χ2n) is 5.57. The lowest BCUT2D eigenvalue weighted by molar-refractivity contribution is 0.252. The molecule has 1 atom stereocenters. The highest BCUT2D eigenvalue weighted by atomic mass is 15.3. The molecule has 1 unspecified atom stereocenters. The summed E-state index contributed by atoms with van der Waals surface area (Å²) in [5, 5.41) is 3.66. The highest BCUT2D eigenvalue weighted by Crippen LogP contribution is 2.29. The van der Waals surface area contributed by atoms with Crippen LogP contribution >= 0.6 is 0 Å². The van der Waals surface area contributed by atoms with E-state index in [4.69, 9.17) is 0 Å². The molecule has 0 fully saturated rings. The van der Waals surface area contributed by atoms with Crippen molar-refractivity contribution in [2.24, 2.45) is 0 Å². The van der Waals surface area contributed by atoms with E-state index < -0.39 is 0 Å². The summed E-state index contributed by atoms with van der Waals surface area (Å²) in [4.78, 5) is 2.35. The Morgan fingerprint density at radius 2 is 1.75 bits per heavy atom. The van der Waals surface area contributed by atoms with Crippen LogP contribution in [0.3, 0.4) is 0 Å². The van der Waals surface area contributed by atoms with Crippen LogP contribution in [0.1, 0.15) is 23.1 Å². The molecule has 2 nitrogen and oxygen atoms in total. The predicted molar refractivity (Wildman–Crippen MR) is 81.4 cm³/mol.